The molecule has 0 saturated carbocycles. The highest BCUT2D eigenvalue weighted by Gasteiger charge is 2.25. The van der Waals surface area contributed by atoms with Crippen molar-refractivity contribution in [2.24, 2.45) is 0 Å². The molecule has 224 valence electrons. The van der Waals surface area contributed by atoms with E-state index in [0.29, 0.717) is 5.82 Å². The topological polar surface area (TPSA) is 163 Å². The van der Waals surface area contributed by atoms with Crippen LogP contribution < -0.4 is 10.6 Å². The van der Waals surface area contributed by atoms with Crippen molar-refractivity contribution < 1.29 is 33.8 Å². The first-order chi connectivity index (χ1) is 20.7. The van der Waals surface area contributed by atoms with Gasteiger partial charge in [-0.1, -0.05) is 54.6 Å². The van der Waals surface area contributed by atoms with Crippen LogP contribution in [0, 0.1) is 0 Å². The van der Waals surface area contributed by atoms with Crippen molar-refractivity contribution in [1.82, 2.24) is 25.5 Å². The molecule has 1 aromatic heterocycles. The van der Waals surface area contributed by atoms with Gasteiger partial charge in [0.1, 0.15) is 25.1 Å². The molecule has 0 spiro atoms. The van der Waals surface area contributed by atoms with Crippen LogP contribution in [0.2, 0.25) is 0 Å². The fourth-order valence-electron chi connectivity index (χ4n) is 4.33. The van der Waals surface area contributed by atoms with Gasteiger partial charge in [-0.3, -0.25) is 9.59 Å². The van der Waals surface area contributed by atoms with Crippen LogP contribution in [0.1, 0.15) is 40.3 Å². The number of carboxylic acids is 1. The number of aliphatic carboxylic acids is 1. The number of aromatic nitrogens is 2. The molecule has 3 amide bonds. The van der Waals surface area contributed by atoms with Crippen LogP contribution in [0.3, 0.4) is 0 Å². The van der Waals surface area contributed by atoms with Gasteiger partial charge in [-0.25, -0.2) is 14.6 Å². The summed E-state index contributed by atoms with van der Waals surface area (Å²) < 4.78 is 10.2. The molecule has 4 rings (SSSR count). The quantitative estimate of drug-likeness (QED) is 0.185. The van der Waals surface area contributed by atoms with Gasteiger partial charge in [-0.05, 0) is 42.3 Å². The van der Waals surface area contributed by atoms with E-state index in [4.69, 9.17) is 9.47 Å². The number of rotatable bonds is 13. The number of methoxy groups -OCH3 is 1. The first-order valence-electron chi connectivity index (χ1n) is 13.6. The lowest BCUT2D eigenvalue weighted by Crippen LogP contribution is -2.48. The number of hydrogen-bond acceptors (Lipinski definition) is 7. The second-order valence-corrected chi connectivity index (χ2v) is 9.77. The predicted molar refractivity (Wildman–Crippen MR) is 157 cm³/mol. The number of hydrogen-bond donors (Lipinski definition) is 4. The molecule has 12 nitrogen and oxygen atoms in total. The molecule has 0 radical (unpaired) electrons. The predicted octanol–water partition coefficient (Wildman–Crippen LogP) is 3.41. The third kappa shape index (κ3) is 8.39. The normalized spacial score (nSPS) is 12.2. The van der Waals surface area contributed by atoms with Gasteiger partial charge in [0.2, 0.25) is 5.91 Å². The summed E-state index contributed by atoms with van der Waals surface area (Å²) in [4.78, 5) is 59.0. The number of nitrogens with zero attached hydrogens (tertiary/aromatic N) is 2. The van der Waals surface area contributed by atoms with Crippen molar-refractivity contribution in [2.45, 2.75) is 32.2 Å². The minimum absolute atomic E-state index is 0.0245. The SMILES string of the molecule is COCC(=O)N(Cc1ccc(C(=O)NCC(NC(=O)OCc2ccccc2)C(=O)O)cc1)C(C)c1nc2ccccc2[nH]1. The Kier molecular flexibility index (Phi) is 10.4. The fraction of sp³-hybridized carbons (Fsp3) is 0.258. The number of amides is 3. The Bertz CT molecular complexity index is 1520. The van der Waals surface area contributed by atoms with Crippen LogP contribution in [0.5, 0.6) is 0 Å². The second kappa shape index (κ2) is 14.6. The summed E-state index contributed by atoms with van der Waals surface area (Å²) in [6.07, 6.45) is -0.917. The number of carbonyl (C=O) groups excluding carboxylic acids is 3. The van der Waals surface area contributed by atoms with Crippen molar-refractivity contribution in [2.75, 3.05) is 20.3 Å². The Morgan fingerprint density at radius 2 is 1.65 bits per heavy atom. The average Bonchev–Trinajstić information content (AvgIpc) is 3.46. The molecule has 0 fully saturated rings. The maximum absolute atomic E-state index is 13.0. The van der Waals surface area contributed by atoms with Crippen molar-refractivity contribution in [3.63, 3.8) is 0 Å². The third-order valence-corrected chi connectivity index (χ3v) is 6.70. The molecule has 4 N–H and O–H groups in total. The molecule has 0 saturated heterocycles. The van der Waals surface area contributed by atoms with Crippen LogP contribution >= 0.6 is 0 Å². The zero-order valence-corrected chi connectivity index (χ0v) is 23.8. The molecule has 0 bridgehead atoms. The van der Waals surface area contributed by atoms with Crippen LogP contribution in [0.15, 0.2) is 78.9 Å². The van der Waals surface area contributed by atoms with E-state index >= 15 is 0 Å². The highest BCUT2D eigenvalue weighted by molar-refractivity contribution is 5.94. The molecule has 43 heavy (non-hydrogen) atoms. The average molecular weight is 588 g/mol. The number of para-hydroxylation sites is 2. The summed E-state index contributed by atoms with van der Waals surface area (Å²) in [5.74, 6) is -1.45. The summed E-state index contributed by atoms with van der Waals surface area (Å²) in [6.45, 7) is 1.62. The van der Waals surface area contributed by atoms with Crippen molar-refractivity contribution in [3.8, 4) is 0 Å². The van der Waals surface area contributed by atoms with Crippen LogP contribution in [0.25, 0.3) is 11.0 Å². The van der Waals surface area contributed by atoms with E-state index in [-0.39, 0.29) is 37.8 Å². The molecule has 3 aromatic carbocycles. The fourth-order valence-corrected chi connectivity index (χ4v) is 4.33. The summed E-state index contributed by atoms with van der Waals surface area (Å²) in [7, 11) is 1.45. The summed E-state index contributed by atoms with van der Waals surface area (Å²) in [5.41, 5.74) is 3.44. The van der Waals surface area contributed by atoms with E-state index in [1.165, 1.54) is 7.11 Å². The molecule has 4 aromatic rings. The zero-order chi connectivity index (χ0) is 30.8. The number of H-pyrrole nitrogens is 1. The lowest BCUT2D eigenvalue weighted by molar-refractivity contribution is -0.139. The van der Waals surface area contributed by atoms with Gasteiger partial charge in [-0.15, -0.1) is 0 Å². The Morgan fingerprint density at radius 1 is 0.953 bits per heavy atom. The van der Waals surface area contributed by atoms with E-state index in [2.05, 4.69) is 20.6 Å². The maximum atomic E-state index is 13.0. The minimum Gasteiger partial charge on any atom is -0.480 e. The Labute approximate surface area is 248 Å². The number of ether oxygens (including phenoxy) is 2. The number of alkyl carbamates (subject to hydrolysis) is 1. The molecule has 1 heterocycles. The van der Waals surface area contributed by atoms with E-state index in [0.717, 1.165) is 22.2 Å². The summed E-state index contributed by atoms with van der Waals surface area (Å²) in [5, 5.41) is 14.3. The molecule has 2 unspecified atom stereocenters. The largest absolute Gasteiger partial charge is 0.480 e. The summed E-state index contributed by atoms with van der Waals surface area (Å²) >= 11 is 0. The number of fused-ring (bicyclic) bond motifs is 1. The third-order valence-electron chi connectivity index (χ3n) is 6.70. The molecular weight excluding hydrogens is 554 g/mol. The number of carboxylic acid groups (broad SMARTS) is 1. The minimum atomic E-state index is -1.40. The first-order valence-corrected chi connectivity index (χ1v) is 13.6. The highest BCUT2D eigenvalue weighted by Crippen LogP contribution is 2.23. The van der Waals surface area contributed by atoms with Crippen molar-refractivity contribution in [1.29, 1.82) is 0 Å². The highest BCUT2D eigenvalue weighted by atomic mass is 16.5. The van der Waals surface area contributed by atoms with Crippen molar-refractivity contribution >= 4 is 34.9 Å². The van der Waals surface area contributed by atoms with Gasteiger partial charge in [0, 0.05) is 25.8 Å². The van der Waals surface area contributed by atoms with E-state index in [1.807, 2.05) is 37.3 Å². The maximum Gasteiger partial charge on any atom is 0.408 e. The number of aromatic amines is 1. The number of carbonyl (C=O) groups is 4. The molecule has 2 atom stereocenters. The zero-order valence-electron chi connectivity index (χ0n) is 23.8. The van der Waals surface area contributed by atoms with Crippen LogP contribution in [0.4, 0.5) is 4.79 Å². The van der Waals surface area contributed by atoms with Crippen molar-refractivity contribution in [3.05, 3.63) is 101 Å². The molecular formula is C31H33N5O7. The molecule has 0 aliphatic carbocycles. The number of imidazole rings is 1. The van der Waals surface area contributed by atoms with E-state index < -0.39 is 30.1 Å². The van der Waals surface area contributed by atoms with Gasteiger partial charge in [0.25, 0.3) is 5.91 Å². The van der Waals surface area contributed by atoms with E-state index in [9.17, 15) is 24.3 Å². The Morgan fingerprint density at radius 3 is 2.33 bits per heavy atom. The monoisotopic (exact) mass is 587 g/mol. The molecule has 0 aliphatic heterocycles. The number of benzene rings is 3. The summed E-state index contributed by atoms with van der Waals surface area (Å²) in [6, 6.07) is 21.3. The van der Waals surface area contributed by atoms with Crippen LogP contribution in [-0.2, 0) is 32.2 Å². The van der Waals surface area contributed by atoms with E-state index in [1.54, 1.807) is 53.4 Å². The number of nitrogens with one attached hydrogen (secondary N) is 3. The van der Waals surface area contributed by atoms with Gasteiger partial charge in [-0.2, -0.15) is 0 Å². The standard InChI is InChI=1S/C31H33N5O7/c1-20(28-33-24-10-6-7-11-25(24)34-28)36(27(37)19-42-2)17-21-12-14-23(15-13-21)29(38)32-16-26(30(39)40)35-31(41)43-18-22-8-4-3-5-9-22/h3-15,20,26H,16-19H2,1-2H3,(H,32,38)(H,33,34)(H,35,41)(H,39,40). The lowest BCUT2D eigenvalue weighted by atomic mass is 10.1. The second-order valence-electron chi connectivity index (χ2n) is 9.77. The van der Waals surface area contributed by atoms with Crippen LogP contribution in [-0.4, -0.2) is 70.2 Å². The first kappa shape index (κ1) is 30.7. The molecule has 12 heteroatoms. The van der Waals surface area contributed by atoms with Gasteiger partial charge in [0.05, 0.1) is 17.1 Å². The van der Waals surface area contributed by atoms with Gasteiger partial charge < -0.3 is 35.1 Å². The smallest absolute Gasteiger partial charge is 0.408 e. The Hall–Kier alpha value is -5.23. The lowest BCUT2D eigenvalue weighted by Gasteiger charge is -2.28. The Balaban J connectivity index is 1.35. The van der Waals surface area contributed by atoms with Gasteiger partial charge in [0.15, 0.2) is 0 Å². The molecule has 0 aliphatic rings. The van der Waals surface area contributed by atoms with Gasteiger partial charge >= 0.3 is 12.1 Å².